The average molecular weight is 388 g/mol. The molecular weight excluding hydrogens is 350 g/mol. The smallest absolute Gasteiger partial charge is 0.123 e. The number of benzene rings is 1. The van der Waals surface area contributed by atoms with E-state index in [1.54, 1.807) is 5.56 Å². The molecule has 0 amide bonds. The highest BCUT2D eigenvalue weighted by Crippen LogP contribution is 2.57. The summed E-state index contributed by atoms with van der Waals surface area (Å²) in [4.78, 5) is 2.48. The van der Waals surface area contributed by atoms with Gasteiger partial charge in [0.05, 0.1) is 26.9 Å². The monoisotopic (exact) mass is 387 g/mol. The van der Waals surface area contributed by atoms with Crippen LogP contribution < -0.4 is 4.74 Å². The zero-order valence-electron chi connectivity index (χ0n) is 18.2. The standard InChI is InChI=1S/C24H37NO3/c1-23(17-26-3)8-5-9-24(2)20-15-21(27-4)19(14-18(20)6-7-22(23)24)16-25-10-12-28-13-11-25/h14-15,22H,5-13,16-17H2,1-4H3/t22-,23+,24+/m0/s1. The molecule has 1 saturated carbocycles. The molecule has 1 saturated heterocycles. The molecule has 3 aliphatic rings. The van der Waals surface area contributed by atoms with Crippen molar-refractivity contribution in [2.45, 2.75) is 57.9 Å². The maximum absolute atomic E-state index is 5.89. The average Bonchev–Trinajstić information content (AvgIpc) is 2.68. The highest BCUT2D eigenvalue weighted by molar-refractivity contribution is 5.48. The number of hydrogen-bond donors (Lipinski definition) is 0. The van der Waals surface area contributed by atoms with E-state index in [4.69, 9.17) is 14.2 Å². The Morgan fingerprint density at radius 1 is 1.14 bits per heavy atom. The zero-order chi connectivity index (χ0) is 19.8. The summed E-state index contributed by atoms with van der Waals surface area (Å²) < 4.78 is 17.1. The lowest BCUT2D eigenvalue weighted by molar-refractivity contribution is -0.0325. The van der Waals surface area contributed by atoms with Crippen LogP contribution in [0.25, 0.3) is 0 Å². The van der Waals surface area contributed by atoms with E-state index >= 15 is 0 Å². The fourth-order valence-electron chi connectivity index (χ4n) is 6.50. The number of nitrogens with zero attached hydrogens (tertiary/aromatic N) is 1. The van der Waals surface area contributed by atoms with E-state index in [0.29, 0.717) is 5.92 Å². The maximum atomic E-state index is 5.89. The van der Waals surface area contributed by atoms with Crippen molar-refractivity contribution in [3.63, 3.8) is 0 Å². The molecule has 28 heavy (non-hydrogen) atoms. The van der Waals surface area contributed by atoms with Crippen molar-refractivity contribution in [3.05, 3.63) is 28.8 Å². The summed E-state index contributed by atoms with van der Waals surface area (Å²) in [6.07, 6.45) is 6.28. The molecule has 0 spiro atoms. The van der Waals surface area contributed by atoms with Crippen molar-refractivity contribution in [1.82, 2.24) is 4.90 Å². The van der Waals surface area contributed by atoms with E-state index in [1.165, 1.54) is 43.2 Å². The lowest BCUT2D eigenvalue weighted by atomic mass is 9.50. The largest absolute Gasteiger partial charge is 0.496 e. The summed E-state index contributed by atoms with van der Waals surface area (Å²) in [6, 6.07) is 4.84. The topological polar surface area (TPSA) is 30.9 Å². The Bertz CT molecular complexity index is 695. The van der Waals surface area contributed by atoms with Gasteiger partial charge < -0.3 is 14.2 Å². The van der Waals surface area contributed by atoms with Gasteiger partial charge in [0.15, 0.2) is 0 Å². The molecule has 156 valence electrons. The van der Waals surface area contributed by atoms with E-state index in [2.05, 4.69) is 30.9 Å². The normalized spacial score (nSPS) is 33.2. The Labute approximate surface area is 170 Å². The molecule has 4 rings (SSSR count). The van der Waals surface area contributed by atoms with Crippen LogP contribution in [0, 0.1) is 11.3 Å². The van der Waals surface area contributed by atoms with Crippen LogP contribution in [0.4, 0.5) is 0 Å². The Kier molecular flexibility index (Phi) is 5.74. The van der Waals surface area contributed by atoms with Crippen LogP contribution in [0.2, 0.25) is 0 Å². The number of aryl methyl sites for hydroxylation is 1. The lowest BCUT2D eigenvalue weighted by Gasteiger charge is -2.55. The summed E-state index contributed by atoms with van der Waals surface area (Å²) in [6.45, 7) is 10.5. The van der Waals surface area contributed by atoms with Crippen molar-refractivity contribution in [3.8, 4) is 5.75 Å². The Morgan fingerprint density at radius 2 is 1.93 bits per heavy atom. The molecule has 4 nitrogen and oxygen atoms in total. The Balaban J connectivity index is 1.67. The molecule has 2 aliphatic carbocycles. The van der Waals surface area contributed by atoms with Gasteiger partial charge in [0.2, 0.25) is 0 Å². The van der Waals surface area contributed by atoms with Gasteiger partial charge in [-0.2, -0.15) is 0 Å². The molecule has 0 N–H and O–H groups in total. The minimum absolute atomic E-state index is 0.226. The van der Waals surface area contributed by atoms with E-state index in [9.17, 15) is 0 Å². The van der Waals surface area contributed by atoms with Crippen LogP contribution in [-0.4, -0.2) is 52.0 Å². The molecule has 0 unspecified atom stereocenters. The van der Waals surface area contributed by atoms with Gasteiger partial charge in [-0.1, -0.05) is 26.3 Å². The van der Waals surface area contributed by atoms with Gasteiger partial charge in [0.25, 0.3) is 0 Å². The van der Waals surface area contributed by atoms with Crippen LogP contribution >= 0.6 is 0 Å². The molecular formula is C24H37NO3. The van der Waals surface area contributed by atoms with Crippen molar-refractivity contribution < 1.29 is 14.2 Å². The summed E-state index contributed by atoms with van der Waals surface area (Å²) >= 11 is 0. The highest BCUT2D eigenvalue weighted by atomic mass is 16.5. The molecule has 1 heterocycles. The minimum Gasteiger partial charge on any atom is -0.496 e. The van der Waals surface area contributed by atoms with Crippen LogP contribution in [0.3, 0.4) is 0 Å². The SMILES string of the molecule is COC[C@@]1(C)CCC[C@]2(C)c3cc(OC)c(CN4CCOCC4)cc3CC[C@@H]12. The van der Waals surface area contributed by atoms with E-state index < -0.39 is 0 Å². The molecule has 4 heteroatoms. The van der Waals surface area contributed by atoms with Gasteiger partial charge in [-0.25, -0.2) is 0 Å². The van der Waals surface area contributed by atoms with Crippen LogP contribution in [0.1, 0.15) is 56.2 Å². The number of methoxy groups -OCH3 is 2. The van der Waals surface area contributed by atoms with Crippen molar-refractivity contribution in [1.29, 1.82) is 0 Å². The molecule has 1 aromatic rings. The molecule has 0 radical (unpaired) electrons. The quantitative estimate of drug-likeness (QED) is 0.758. The summed E-state index contributed by atoms with van der Waals surface area (Å²) in [7, 11) is 3.68. The third-order valence-electron chi connectivity index (χ3n) is 7.85. The predicted molar refractivity (Wildman–Crippen MR) is 112 cm³/mol. The number of morpholine rings is 1. The van der Waals surface area contributed by atoms with Crippen molar-refractivity contribution >= 4 is 0 Å². The summed E-state index contributed by atoms with van der Waals surface area (Å²) in [5.41, 5.74) is 4.92. The van der Waals surface area contributed by atoms with Gasteiger partial charge in [-0.3, -0.25) is 4.90 Å². The number of ether oxygens (including phenoxy) is 3. The number of rotatable bonds is 5. The third-order valence-corrected chi connectivity index (χ3v) is 7.85. The van der Waals surface area contributed by atoms with E-state index in [0.717, 1.165) is 45.2 Å². The number of hydrogen-bond acceptors (Lipinski definition) is 4. The van der Waals surface area contributed by atoms with Crippen LogP contribution in [0.5, 0.6) is 5.75 Å². The first-order valence-electron chi connectivity index (χ1n) is 11.0. The van der Waals surface area contributed by atoms with Gasteiger partial charge in [-0.05, 0) is 59.6 Å². The zero-order valence-corrected chi connectivity index (χ0v) is 18.2. The maximum Gasteiger partial charge on any atom is 0.123 e. The predicted octanol–water partition coefficient (Wildman–Crippen LogP) is 4.18. The van der Waals surface area contributed by atoms with Crippen molar-refractivity contribution in [2.24, 2.45) is 11.3 Å². The second kappa shape index (κ2) is 7.97. The molecule has 0 bridgehead atoms. The minimum atomic E-state index is 0.226. The van der Waals surface area contributed by atoms with Gasteiger partial charge in [0, 0.05) is 32.3 Å². The fourth-order valence-corrected chi connectivity index (χ4v) is 6.50. The van der Waals surface area contributed by atoms with Gasteiger partial charge in [-0.15, -0.1) is 0 Å². The molecule has 1 aromatic carbocycles. The van der Waals surface area contributed by atoms with Gasteiger partial charge >= 0.3 is 0 Å². The first-order chi connectivity index (χ1) is 13.5. The van der Waals surface area contributed by atoms with Crippen molar-refractivity contribution in [2.75, 3.05) is 47.1 Å². The van der Waals surface area contributed by atoms with Gasteiger partial charge in [0.1, 0.15) is 5.75 Å². The fraction of sp³-hybridized carbons (Fsp3) is 0.750. The second-order valence-corrected chi connectivity index (χ2v) is 9.66. The molecule has 3 atom stereocenters. The second-order valence-electron chi connectivity index (χ2n) is 9.66. The summed E-state index contributed by atoms with van der Waals surface area (Å²) in [5.74, 6) is 1.74. The molecule has 1 aliphatic heterocycles. The molecule has 2 fully saturated rings. The third kappa shape index (κ3) is 3.48. The van der Waals surface area contributed by atoms with Crippen LogP contribution in [0.15, 0.2) is 12.1 Å². The van der Waals surface area contributed by atoms with E-state index in [1.807, 2.05) is 14.2 Å². The lowest BCUT2D eigenvalue weighted by Crippen LogP contribution is -2.50. The Hall–Kier alpha value is -1.10. The summed E-state index contributed by atoms with van der Waals surface area (Å²) in [5, 5.41) is 0. The first kappa shape index (κ1) is 20.2. The Morgan fingerprint density at radius 3 is 2.64 bits per heavy atom. The highest BCUT2D eigenvalue weighted by Gasteiger charge is 2.51. The number of fused-ring (bicyclic) bond motifs is 3. The van der Waals surface area contributed by atoms with E-state index in [-0.39, 0.29) is 10.8 Å². The van der Waals surface area contributed by atoms with Crippen LogP contribution in [-0.2, 0) is 27.9 Å². The first-order valence-corrected chi connectivity index (χ1v) is 11.0. The molecule has 0 aromatic heterocycles.